The van der Waals surface area contributed by atoms with Crippen molar-refractivity contribution < 1.29 is 5.11 Å². The summed E-state index contributed by atoms with van der Waals surface area (Å²) in [6, 6.07) is 28.4. The highest BCUT2D eigenvalue weighted by molar-refractivity contribution is 5.71. The van der Waals surface area contributed by atoms with Crippen molar-refractivity contribution in [3.05, 3.63) is 102 Å². The highest BCUT2D eigenvalue weighted by Gasteiger charge is 2.13. The van der Waals surface area contributed by atoms with E-state index in [2.05, 4.69) is 67.4 Å². The van der Waals surface area contributed by atoms with Crippen molar-refractivity contribution in [2.45, 2.75) is 26.2 Å². The summed E-state index contributed by atoms with van der Waals surface area (Å²) >= 11 is 0. The molecule has 0 fully saturated rings. The molecule has 0 spiro atoms. The third-order valence-corrected chi connectivity index (χ3v) is 5.06. The van der Waals surface area contributed by atoms with Gasteiger partial charge in [-0.2, -0.15) is 4.98 Å². The van der Waals surface area contributed by atoms with Crippen LogP contribution < -0.4 is 0 Å². The van der Waals surface area contributed by atoms with E-state index in [1.165, 1.54) is 22.3 Å². The normalized spacial score (nSPS) is 11.0. The number of aromatic hydroxyl groups is 1. The molecule has 1 N–H and O–H groups in total. The lowest BCUT2D eigenvalue weighted by Crippen LogP contribution is -2.00. The zero-order chi connectivity index (χ0) is 20.2. The number of hydrogen-bond donors (Lipinski definition) is 1. The number of benzene rings is 3. The molecule has 3 heteroatoms. The summed E-state index contributed by atoms with van der Waals surface area (Å²) < 4.78 is 0. The van der Waals surface area contributed by atoms with Gasteiger partial charge in [0.15, 0.2) is 5.82 Å². The number of rotatable bonds is 5. The molecular formula is C26H24N2O. The fourth-order valence-corrected chi connectivity index (χ4v) is 3.67. The fraction of sp³-hybridized carbons (Fsp3) is 0.154. The Bertz CT molecular complexity index is 1120. The first-order chi connectivity index (χ1) is 14.1. The molecule has 0 saturated carbocycles. The molecule has 0 aliphatic carbocycles. The van der Waals surface area contributed by atoms with Gasteiger partial charge in [0.25, 0.3) is 0 Å². The van der Waals surface area contributed by atoms with E-state index >= 15 is 0 Å². The Hall–Kier alpha value is -3.46. The van der Waals surface area contributed by atoms with Gasteiger partial charge in [0.05, 0.1) is 5.69 Å². The Balaban J connectivity index is 1.75. The number of hydrogen-bond acceptors (Lipinski definition) is 3. The molecule has 0 aliphatic heterocycles. The van der Waals surface area contributed by atoms with Gasteiger partial charge in [-0.25, -0.2) is 4.98 Å². The minimum Gasteiger partial charge on any atom is -0.493 e. The van der Waals surface area contributed by atoms with Gasteiger partial charge in [0, 0.05) is 18.1 Å². The summed E-state index contributed by atoms with van der Waals surface area (Å²) in [5, 5.41) is 10.2. The lowest BCUT2D eigenvalue weighted by molar-refractivity contribution is 0.452. The van der Waals surface area contributed by atoms with E-state index < -0.39 is 0 Å². The van der Waals surface area contributed by atoms with Crippen LogP contribution >= 0.6 is 0 Å². The number of aromatic nitrogens is 2. The van der Waals surface area contributed by atoms with Crippen LogP contribution in [0, 0.1) is 0 Å². The van der Waals surface area contributed by atoms with Crippen LogP contribution in [0.3, 0.4) is 0 Å². The first-order valence-electron chi connectivity index (χ1n) is 9.91. The van der Waals surface area contributed by atoms with Crippen molar-refractivity contribution in [2.24, 2.45) is 0 Å². The minimum absolute atomic E-state index is 0.00563. The SMILES string of the molecule is CC(C)c1ccccc1-c1ccccc1Cc1cc(O)nc(-c2ccccc2)n1. The average molecular weight is 380 g/mol. The summed E-state index contributed by atoms with van der Waals surface area (Å²) in [7, 11) is 0. The van der Waals surface area contributed by atoms with Crippen molar-refractivity contribution in [1.82, 2.24) is 9.97 Å². The van der Waals surface area contributed by atoms with E-state index in [1.54, 1.807) is 6.07 Å². The van der Waals surface area contributed by atoms with Gasteiger partial charge in [0.2, 0.25) is 5.88 Å². The standard InChI is InChI=1S/C26H24N2O/c1-18(2)22-13-8-9-15-24(22)23-14-7-6-12-20(23)16-21-17-25(29)28-26(27-21)19-10-4-3-5-11-19/h3-15,17-18H,16H2,1-2H3,(H,27,28,29). The summed E-state index contributed by atoms with van der Waals surface area (Å²) in [4.78, 5) is 8.93. The molecule has 3 nitrogen and oxygen atoms in total. The highest BCUT2D eigenvalue weighted by Crippen LogP contribution is 2.32. The van der Waals surface area contributed by atoms with Gasteiger partial charge in [-0.15, -0.1) is 0 Å². The molecule has 0 amide bonds. The first-order valence-corrected chi connectivity index (χ1v) is 9.91. The second-order valence-electron chi connectivity index (χ2n) is 7.48. The van der Waals surface area contributed by atoms with Crippen LogP contribution in [0.15, 0.2) is 84.9 Å². The van der Waals surface area contributed by atoms with Crippen LogP contribution in [-0.2, 0) is 6.42 Å². The van der Waals surface area contributed by atoms with E-state index in [9.17, 15) is 5.11 Å². The molecule has 4 rings (SSSR count). The maximum atomic E-state index is 10.2. The molecule has 0 saturated heterocycles. The largest absolute Gasteiger partial charge is 0.493 e. The van der Waals surface area contributed by atoms with Gasteiger partial charge < -0.3 is 5.11 Å². The van der Waals surface area contributed by atoms with Crippen LogP contribution in [0.5, 0.6) is 5.88 Å². The van der Waals surface area contributed by atoms with Gasteiger partial charge in [-0.3, -0.25) is 0 Å². The number of nitrogens with zero attached hydrogens (tertiary/aromatic N) is 2. The molecule has 0 atom stereocenters. The second-order valence-corrected chi connectivity index (χ2v) is 7.48. The quantitative estimate of drug-likeness (QED) is 0.446. The fourth-order valence-electron chi connectivity index (χ4n) is 3.67. The van der Waals surface area contributed by atoms with Crippen molar-refractivity contribution in [3.63, 3.8) is 0 Å². The van der Waals surface area contributed by atoms with E-state index in [0.717, 1.165) is 11.3 Å². The predicted molar refractivity (Wildman–Crippen MR) is 118 cm³/mol. The van der Waals surface area contributed by atoms with E-state index in [-0.39, 0.29) is 5.88 Å². The summed E-state index contributed by atoms with van der Waals surface area (Å²) in [5.41, 5.74) is 6.65. The van der Waals surface area contributed by atoms with E-state index in [1.807, 2.05) is 30.3 Å². The molecule has 0 unspecified atom stereocenters. The molecule has 1 heterocycles. The van der Waals surface area contributed by atoms with Crippen molar-refractivity contribution in [1.29, 1.82) is 0 Å². The lowest BCUT2D eigenvalue weighted by atomic mass is 9.89. The van der Waals surface area contributed by atoms with Gasteiger partial charge in [-0.05, 0) is 28.2 Å². The maximum absolute atomic E-state index is 10.2. The molecule has 0 radical (unpaired) electrons. The third kappa shape index (κ3) is 4.19. The highest BCUT2D eigenvalue weighted by atomic mass is 16.3. The Morgan fingerprint density at radius 1 is 0.759 bits per heavy atom. The van der Waals surface area contributed by atoms with Crippen LogP contribution in [0.4, 0.5) is 0 Å². The van der Waals surface area contributed by atoms with Crippen molar-refractivity contribution >= 4 is 0 Å². The third-order valence-electron chi connectivity index (χ3n) is 5.06. The molecule has 0 bridgehead atoms. The Labute approximate surface area is 171 Å². The molecule has 4 aromatic rings. The van der Waals surface area contributed by atoms with Gasteiger partial charge in [0.1, 0.15) is 0 Å². The smallest absolute Gasteiger partial charge is 0.214 e. The molecule has 29 heavy (non-hydrogen) atoms. The van der Waals surface area contributed by atoms with Crippen LogP contribution in [-0.4, -0.2) is 15.1 Å². The van der Waals surface area contributed by atoms with E-state index in [0.29, 0.717) is 18.2 Å². The monoisotopic (exact) mass is 380 g/mol. The van der Waals surface area contributed by atoms with Crippen molar-refractivity contribution in [3.8, 4) is 28.4 Å². The zero-order valence-electron chi connectivity index (χ0n) is 16.7. The topological polar surface area (TPSA) is 46.0 Å². The van der Waals surface area contributed by atoms with Crippen molar-refractivity contribution in [2.75, 3.05) is 0 Å². The maximum Gasteiger partial charge on any atom is 0.214 e. The summed E-state index contributed by atoms with van der Waals surface area (Å²) in [6.07, 6.45) is 0.624. The van der Waals surface area contributed by atoms with E-state index in [4.69, 9.17) is 4.98 Å². The molecular weight excluding hydrogens is 356 g/mol. The van der Waals surface area contributed by atoms with Crippen LogP contribution in [0.25, 0.3) is 22.5 Å². The zero-order valence-corrected chi connectivity index (χ0v) is 16.7. The molecule has 1 aromatic heterocycles. The molecule has 3 aromatic carbocycles. The molecule has 0 aliphatic rings. The Morgan fingerprint density at radius 3 is 2.17 bits per heavy atom. The van der Waals surface area contributed by atoms with Crippen LogP contribution in [0.2, 0.25) is 0 Å². The van der Waals surface area contributed by atoms with Gasteiger partial charge in [-0.1, -0.05) is 92.7 Å². The average Bonchev–Trinajstić information content (AvgIpc) is 2.74. The summed E-state index contributed by atoms with van der Waals surface area (Å²) in [5.74, 6) is 0.974. The molecule has 144 valence electrons. The van der Waals surface area contributed by atoms with Crippen LogP contribution in [0.1, 0.15) is 36.6 Å². The second kappa shape index (κ2) is 8.27. The Morgan fingerprint density at radius 2 is 1.41 bits per heavy atom. The summed E-state index contributed by atoms with van der Waals surface area (Å²) in [6.45, 7) is 4.44. The Kier molecular flexibility index (Phi) is 5.39. The minimum atomic E-state index is -0.00563. The first kappa shape index (κ1) is 18.9. The lowest BCUT2D eigenvalue weighted by Gasteiger charge is -2.16. The predicted octanol–water partition coefficient (Wildman–Crippen LogP) is 6.23. The van der Waals surface area contributed by atoms with Gasteiger partial charge >= 0.3 is 0 Å².